The largest absolute Gasteiger partial charge is 0.369 e. The van der Waals surface area contributed by atoms with Gasteiger partial charge in [-0.05, 0) is 0 Å². The van der Waals surface area contributed by atoms with Crippen LogP contribution in [0, 0.1) is 0 Å². The van der Waals surface area contributed by atoms with Gasteiger partial charge in [0.25, 0.3) is 0 Å². The lowest BCUT2D eigenvalue weighted by atomic mass is 10.4. The lowest BCUT2D eigenvalue weighted by Gasteiger charge is -2.04. The lowest BCUT2D eigenvalue weighted by Crippen LogP contribution is -2.04. The Morgan fingerprint density at radius 1 is 1.41 bits per heavy atom. The summed E-state index contributed by atoms with van der Waals surface area (Å²) < 4.78 is 1.85. The molecule has 0 radical (unpaired) electrons. The molecule has 0 aliphatic carbocycles. The maximum Gasteiger partial charge on any atom is 0.201 e. The van der Waals surface area contributed by atoms with E-state index >= 15 is 0 Å². The van der Waals surface area contributed by atoms with Gasteiger partial charge in [-0.3, -0.25) is 4.98 Å². The summed E-state index contributed by atoms with van der Waals surface area (Å²) in [6.45, 7) is 0.573. The molecular weight excluding hydrogens is 258 g/mol. The number of hydrogen-bond acceptors (Lipinski definition) is 5. The van der Waals surface area contributed by atoms with E-state index in [-0.39, 0.29) is 0 Å². The standard InChI is InChI=1S/C10H8ClN5S/c11-6-3-13-4-7-9(6)16(10(12)15-7)5-8-14-1-2-17-8/h1-4H,5H2,(H2,12,15). The van der Waals surface area contributed by atoms with E-state index in [1.54, 1.807) is 29.9 Å². The quantitative estimate of drug-likeness (QED) is 0.771. The number of anilines is 1. The maximum atomic E-state index is 6.12. The fourth-order valence-electron chi connectivity index (χ4n) is 1.69. The first kappa shape index (κ1) is 10.5. The van der Waals surface area contributed by atoms with Crippen molar-refractivity contribution in [2.75, 3.05) is 5.73 Å². The van der Waals surface area contributed by atoms with Crippen molar-refractivity contribution in [3.8, 4) is 0 Å². The van der Waals surface area contributed by atoms with Crippen molar-refractivity contribution in [3.63, 3.8) is 0 Å². The number of halogens is 1. The summed E-state index contributed by atoms with van der Waals surface area (Å²) in [5.41, 5.74) is 7.38. The molecule has 5 nitrogen and oxygen atoms in total. The number of nitrogens with two attached hydrogens (primary N) is 1. The number of nitrogen functional groups attached to an aromatic ring is 1. The van der Waals surface area contributed by atoms with Gasteiger partial charge in [0.15, 0.2) is 0 Å². The molecule has 0 unspecified atom stereocenters. The zero-order chi connectivity index (χ0) is 11.8. The first-order valence-corrected chi connectivity index (χ1v) is 6.15. The highest BCUT2D eigenvalue weighted by Gasteiger charge is 2.12. The van der Waals surface area contributed by atoms with Crippen molar-refractivity contribution in [1.82, 2.24) is 19.5 Å². The number of thiazole rings is 1. The smallest absolute Gasteiger partial charge is 0.201 e. The average molecular weight is 266 g/mol. The van der Waals surface area contributed by atoms with Crippen LogP contribution >= 0.6 is 22.9 Å². The molecule has 0 aromatic carbocycles. The maximum absolute atomic E-state index is 6.12. The Bertz CT molecular complexity index is 661. The second kappa shape index (κ2) is 3.97. The van der Waals surface area contributed by atoms with Gasteiger partial charge in [0, 0.05) is 17.8 Å². The third-order valence-electron chi connectivity index (χ3n) is 2.41. The van der Waals surface area contributed by atoms with Crippen LogP contribution in [0.15, 0.2) is 24.0 Å². The number of rotatable bonds is 2. The molecule has 0 aliphatic rings. The number of hydrogen-bond donors (Lipinski definition) is 1. The lowest BCUT2D eigenvalue weighted by molar-refractivity contribution is 0.829. The Kier molecular flexibility index (Phi) is 2.45. The van der Waals surface area contributed by atoms with Gasteiger partial charge in [0.2, 0.25) is 5.95 Å². The third kappa shape index (κ3) is 1.75. The first-order chi connectivity index (χ1) is 8.25. The Balaban J connectivity index is 2.18. The minimum Gasteiger partial charge on any atom is -0.369 e. The summed E-state index contributed by atoms with van der Waals surface area (Å²) >= 11 is 7.69. The van der Waals surface area contributed by atoms with Crippen LogP contribution < -0.4 is 5.73 Å². The summed E-state index contributed by atoms with van der Waals surface area (Å²) in [5, 5.41) is 3.43. The van der Waals surface area contributed by atoms with Gasteiger partial charge in [0.1, 0.15) is 10.5 Å². The van der Waals surface area contributed by atoms with Crippen molar-refractivity contribution >= 4 is 39.9 Å². The van der Waals surface area contributed by atoms with Gasteiger partial charge in [-0.15, -0.1) is 11.3 Å². The molecule has 86 valence electrons. The Hall–Kier alpha value is -1.66. The summed E-state index contributed by atoms with van der Waals surface area (Å²) in [7, 11) is 0. The highest BCUT2D eigenvalue weighted by Crippen LogP contribution is 2.25. The van der Waals surface area contributed by atoms with E-state index < -0.39 is 0 Å². The molecule has 3 heterocycles. The van der Waals surface area contributed by atoms with E-state index in [0.717, 1.165) is 10.5 Å². The molecule has 0 fully saturated rings. The molecule has 0 spiro atoms. The van der Waals surface area contributed by atoms with Crippen LogP contribution in [-0.2, 0) is 6.54 Å². The number of pyridine rings is 1. The molecule has 17 heavy (non-hydrogen) atoms. The van der Waals surface area contributed by atoms with Crippen molar-refractivity contribution < 1.29 is 0 Å². The predicted molar refractivity (Wildman–Crippen MR) is 68.2 cm³/mol. The summed E-state index contributed by atoms with van der Waals surface area (Å²) in [5.74, 6) is 0.421. The topological polar surface area (TPSA) is 69.6 Å². The van der Waals surface area contributed by atoms with Crippen molar-refractivity contribution in [3.05, 3.63) is 34.0 Å². The molecule has 7 heteroatoms. The second-order valence-electron chi connectivity index (χ2n) is 3.47. The Labute approximate surface area is 106 Å². The van der Waals surface area contributed by atoms with E-state index in [1.165, 1.54) is 0 Å². The van der Waals surface area contributed by atoms with Gasteiger partial charge in [-0.1, -0.05) is 11.6 Å². The SMILES string of the molecule is Nc1nc2cncc(Cl)c2n1Cc1nccs1. The van der Waals surface area contributed by atoms with Crippen LogP contribution in [0.2, 0.25) is 5.02 Å². The minimum absolute atomic E-state index is 0.421. The van der Waals surface area contributed by atoms with Crippen molar-refractivity contribution in [1.29, 1.82) is 0 Å². The fourth-order valence-corrected chi connectivity index (χ4v) is 2.55. The van der Waals surface area contributed by atoms with Crippen molar-refractivity contribution in [2.45, 2.75) is 6.54 Å². The monoisotopic (exact) mass is 265 g/mol. The summed E-state index contributed by atoms with van der Waals surface area (Å²) in [6.07, 6.45) is 5.00. The molecule has 0 bridgehead atoms. The van der Waals surface area contributed by atoms with Gasteiger partial charge >= 0.3 is 0 Å². The van der Waals surface area contributed by atoms with Crippen LogP contribution in [-0.4, -0.2) is 19.5 Å². The van der Waals surface area contributed by atoms with Crippen LogP contribution in [0.25, 0.3) is 11.0 Å². The number of imidazole rings is 1. The van der Waals surface area contributed by atoms with E-state index in [1.807, 2.05) is 9.95 Å². The summed E-state index contributed by atoms with van der Waals surface area (Å²) in [6, 6.07) is 0. The zero-order valence-corrected chi connectivity index (χ0v) is 10.2. The van der Waals surface area contributed by atoms with E-state index in [4.69, 9.17) is 17.3 Å². The van der Waals surface area contributed by atoms with Gasteiger partial charge in [-0.25, -0.2) is 9.97 Å². The first-order valence-electron chi connectivity index (χ1n) is 4.89. The highest BCUT2D eigenvalue weighted by molar-refractivity contribution is 7.09. The highest BCUT2D eigenvalue weighted by atomic mass is 35.5. The average Bonchev–Trinajstić information content (AvgIpc) is 2.89. The van der Waals surface area contributed by atoms with Crippen LogP contribution in [0.4, 0.5) is 5.95 Å². The summed E-state index contributed by atoms with van der Waals surface area (Å²) in [4.78, 5) is 12.4. The molecule has 3 aromatic rings. The Morgan fingerprint density at radius 2 is 2.29 bits per heavy atom. The fraction of sp³-hybridized carbons (Fsp3) is 0.100. The third-order valence-corrected chi connectivity index (χ3v) is 3.45. The molecule has 3 rings (SSSR count). The van der Waals surface area contributed by atoms with E-state index in [0.29, 0.717) is 23.0 Å². The van der Waals surface area contributed by atoms with Crippen LogP contribution in [0.1, 0.15) is 5.01 Å². The molecule has 0 saturated heterocycles. The van der Waals surface area contributed by atoms with E-state index in [9.17, 15) is 0 Å². The molecule has 3 aromatic heterocycles. The van der Waals surface area contributed by atoms with Gasteiger partial charge in [0.05, 0.1) is 23.3 Å². The molecule has 2 N–H and O–H groups in total. The van der Waals surface area contributed by atoms with Gasteiger partial charge in [-0.2, -0.15) is 0 Å². The zero-order valence-electron chi connectivity index (χ0n) is 8.67. The van der Waals surface area contributed by atoms with E-state index in [2.05, 4.69) is 15.0 Å². The van der Waals surface area contributed by atoms with Crippen LogP contribution in [0.3, 0.4) is 0 Å². The predicted octanol–water partition coefficient (Wildman–Crippen LogP) is 2.17. The molecular formula is C10H8ClN5S. The number of nitrogens with zero attached hydrogens (tertiary/aromatic N) is 4. The molecule has 0 aliphatic heterocycles. The van der Waals surface area contributed by atoms with Crippen LogP contribution in [0.5, 0.6) is 0 Å². The normalized spacial score (nSPS) is 11.1. The number of aromatic nitrogens is 4. The Morgan fingerprint density at radius 3 is 3.06 bits per heavy atom. The molecule has 0 atom stereocenters. The molecule has 0 amide bonds. The van der Waals surface area contributed by atoms with Crippen molar-refractivity contribution in [2.24, 2.45) is 0 Å². The molecule has 0 saturated carbocycles. The second-order valence-corrected chi connectivity index (χ2v) is 4.86. The number of fused-ring (bicyclic) bond motifs is 1. The van der Waals surface area contributed by atoms with Gasteiger partial charge < -0.3 is 10.3 Å². The minimum atomic E-state index is 0.421.